The number of allylic oxidation sites excluding steroid dienone is 14. The molecule has 0 rings (SSSR count). The topological polar surface area (TPSA) is 72.8 Å². The predicted octanol–water partition coefficient (Wildman–Crippen LogP) is 15.9. The molecule has 0 heterocycles. The van der Waals surface area contributed by atoms with Gasteiger partial charge in [0.25, 0.3) is 0 Å². The molecule has 0 aromatic carbocycles. The summed E-state index contributed by atoms with van der Waals surface area (Å²) >= 11 is 0. The Bertz CT molecular complexity index is 1090. The number of carbonyl (C=O) groups is 2. The Balaban J connectivity index is 3.58. The summed E-state index contributed by atoms with van der Waals surface area (Å²) in [5, 5.41) is 9.61. The van der Waals surface area contributed by atoms with Crippen LogP contribution in [0, 0.1) is 0 Å². The molecular weight excluding hydrogens is 717 g/mol. The van der Waals surface area contributed by atoms with Crippen molar-refractivity contribution in [1.29, 1.82) is 0 Å². The fourth-order valence-corrected chi connectivity index (χ4v) is 6.55. The molecule has 5 heteroatoms. The van der Waals surface area contributed by atoms with Crippen molar-refractivity contribution in [2.45, 2.75) is 225 Å². The van der Waals surface area contributed by atoms with Crippen LogP contribution in [0.25, 0.3) is 0 Å². The van der Waals surface area contributed by atoms with Crippen molar-refractivity contribution in [3.63, 3.8) is 0 Å². The van der Waals surface area contributed by atoms with E-state index in [1.807, 2.05) is 0 Å². The Labute approximate surface area is 358 Å². The predicted molar refractivity (Wildman–Crippen MR) is 251 cm³/mol. The highest BCUT2D eigenvalue weighted by atomic mass is 16.6. The molecule has 0 saturated carbocycles. The summed E-state index contributed by atoms with van der Waals surface area (Å²) in [5.74, 6) is -0.610. The molecule has 0 saturated heterocycles. The number of unbranched alkanes of at least 4 members (excludes halogenated alkanes) is 21. The van der Waals surface area contributed by atoms with Gasteiger partial charge < -0.3 is 14.6 Å². The van der Waals surface area contributed by atoms with Crippen molar-refractivity contribution in [2.75, 3.05) is 13.2 Å². The normalized spacial score (nSPS) is 12.9. The fraction of sp³-hybridized carbons (Fsp3) is 0.698. The molecule has 1 N–H and O–H groups in total. The van der Waals surface area contributed by atoms with E-state index in [1.165, 1.54) is 109 Å². The van der Waals surface area contributed by atoms with Crippen molar-refractivity contribution in [3.05, 3.63) is 85.1 Å². The standard InChI is InChI=1S/C53H90O5/c1-3-5-7-9-11-13-15-17-19-21-23-25-26-28-30-32-34-36-38-40-42-44-46-48-53(56)58-51(49-54)50-57-52(55)47-45-43-41-39-37-35-33-31-29-27-24-22-20-18-16-14-12-10-8-6-4-2/h5,7,11,13,16-19,22-25,28,30,51,54H,3-4,6,8-10,12,14-15,20-21,26-27,29,31-50H2,1-2H3/b7-5-,13-11-,18-16-,19-17-,24-22-,25-23-,30-28-. The van der Waals surface area contributed by atoms with E-state index in [2.05, 4.69) is 98.9 Å². The van der Waals surface area contributed by atoms with E-state index in [9.17, 15) is 14.7 Å². The van der Waals surface area contributed by atoms with Gasteiger partial charge in [0.05, 0.1) is 6.61 Å². The first-order chi connectivity index (χ1) is 28.6. The smallest absolute Gasteiger partial charge is 0.306 e. The van der Waals surface area contributed by atoms with Gasteiger partial charge in [0, 0.05) is 12.8 Å². The summed E-state index contributed by atoms with van der Waals surface area (Å²) < 4.78 is 10.7. The summed E-state index contributed by atoms with van der Waals surface area (Å²) in [4.78, 5) is 24.4. The Hall–Kier alpha value is -2.92. The number of esters is 2. The Morgan fingerprint density at radius 3 is 1.12 bits per heavy atom. The maximum absolute atomic E-state index is 12.3. The highest BCUT2D eigenvalue weighted by molar-refractivity contribution is 5.70. The highest BCUT2D eigenvalue weighted by Gasteiger charge is 2.16. The third-order valence-electron chi connectivity index (χ3n) is 10.2. The van der Waals surface area contributed by atoms with Crippen LogP contribution in [0.4, 0.5) is 0 Å². The van der Waals surface area contributed by atoms with E-state index in [4.69, 9.17) is 9.47 Å². The lowest BCUT2D eigenvalue weighted by Gasteiger charge is -2.15. The van der Waals surface area contributed by atoms with Crippen LogP contribution in [0.1, 0.15) is 219 Å². The van der Waals surface area contributed by atoms with Crippen LogP contribution >= 0.6 is 0 Å². The Morgan fingerprint density at radius 2 is 0.741 bits per heavy atom. The molecule has 58 heavy (non-hydrogen) atoms. The second kappa shape index (κ2) is 48.4. The average Bonchev–Trinajstić information content (AvgIpc) is 3.23. The number of carbonyl (C=O) groups excluding carboxylic acids is 2. The minimum Gasteiger partial charge on any atom is -0.462 e. The van der Waals surface area contributed by atoms with Crippen LogP contribution in [-0.2, 0) is 19.1 Å². The number of hydrogen-bond acceptors (Lipinski definition) is 5. The maximum atomic E-state index is 12.3. The van der Waals surface area contributed by atoms with Crippen molar-refractivity contribution in [2.24, 2.45) is 0 Å². The molecule has 0 aliphatic heterocycles. The minimum atomic E-state index is -0.785. The van der Waals surface area contributed by atoms with Crippen LogP contribution < -0.4 is 0 Å². The van der Waals surface area contributed by atoms with Gasteiger partial charge in [-0.2, -0.15) is 0 Å². The van der Waals surface area contributed by atoms with Gasteiger partial charge in [-0.15, -0.1) is 0 Å². The van der Waals surface area contributed by atoms with E-state index < -0.39 is 6.10 Å². The molecule has 0 radical (unpaired) electrons. The van der Waals surface area contributed by atoms with Gasteiger partial charge in [-0.05, 0) is 89.9 Å². The van der Waals surface area contributed by atoms with Crippen LogP contribution in [0.15, 0.2) is 85.1 Å². The summed E-state index contributed by atoms with van der Waals surface area (Å²) in [6.45, 7) is 4.01. The molecule has 0 bridgehead atoms. The Kier molecular flexibility index (Phi) is 46.0. The average molecular weight is 807 g/mol. The quantitative estimate of drug-likeness (QED) is 0.0377. The highest BCUT2D eigenvalue weighted by Crippen LogP contribution is 2.14. The second-order valence-corrected chi connectivity index (χ2v) is 15.8. The third-order valence-corrected chi connectivity index (χ3v) is 10.2. The van der Waals surface area contributed by atoms with E-state index in [0.29, 0.717) is 12.8 Å². The number of hydrogen-bond donors (Lipinski definition) is 1. The zero-order valence-electron chi connectivity index (χ0n) is 37.8. The molecule has 0 amide bonds. The maximum Gasteiger partial charge on any atom is 0.306 e. The van der Waals surface area contributed by atoms with Crippen molar-refractivity contribution < 1.29 is 24.2 Å². The molecular formula is C53H90O5. The van der Waals surface area contributed by atoms with E-state index in [1.54, 1.807) is 0 Å². The van der Waals surface area contributed by atoms with Crippen LogP contribution in [-0.4, -0.2) is 36.4 Å². The molecule has 0 aromatic heterocycles. The number of rotatable bonds is 43. The van der Waals surface area contributed by atoms with Crippen LogP contribution in [0.2, 0.25) is 0 Å². The molecule has 5 nitrogen and oxygen atoms in total. The molecule has 1 unspecified atom stereocenters. The van der Waals surface area contributed by atoms with Gasteiger partial charge >= 0.3 is 11.9 Å². The van der Waals surface area contributed by atoms with Crippen molar-refractivity contribution in [3.8, 4) is 0 Å². The van der Waals surface area contributed by atoms with Gasteiger partial charge in [-0.1, -0.05) is 202 Å². The van der Waals surface area contributed by atoms with Gasteiger partial charge in [-0.25, -0.2) is 0 Å². The first-order valence-corrected chi connectivity index (χ1v) is 24.1. The summed E-state index contributed by atoms with van der Waals surface area (Å²) in [5.41, 5.74) is 0. The summed E-state index contributed by atoms with van der Waals surface area (Å²) in [6.07, 6.45) is 66.6. The van der Waals surface area contributed by atoms with Gasteiger partial charge in [0.15, 0.2) is 6.10 Å². The molecule has 1 atom stereocenters. The largest absolute Gasteiger partial charge is 0.462 e. The molecule has 0 fully saturated rings. The second-order valence-electron chi connectivity index (χ2n) is 15.8. The molecule has 0 aromatic rings. The van der Waals surface area contributed by atoms with Crippen molar-refractivity contribution >= 4 is 11.9 Å². The molecule has 0 aliphatic carbocycles. The zero-order chi connectivity index (χ0) is 42.1. The fourth-order valence-electron chi connectivity index (χ4n) is 6.55. The van der Waals surface area contributed by atoms with Crippen molar-refractivity contribution in [1.82, 2.24) is 0 Å². The Morgan fingerprint density at radius 1 is 0.414 bits per heavy atom. The lowest BCUT2D eigenvalue weighted by Crippen LogP contribution is -2.28. The van der Waals surface area contributed by atoms with Gasteiger partial charge in [0.1, 0.15) is 6.61 Å². The van der Waals surface area contributed by atoms with Crippen LogP contribution in [0.5, 0.6) is 0 Å². The molecule has 332 valence electrons. The lowest BCUT2D eigenvalue weighted by atomic mass is 10.1. The lowest BCUT2D eigenvalue weighted by molar-refractivity contribution is -0.161. The van der Waals surface area contributed by atoms with Gasteiger partial charge in [0.2, 0.25) is 0 Å². The first-order valence-electron chi connectivity index (χ1n) is 24.1. The molecule has 0 spiro atoms. The number of aliphatic hydroxyl groups excluding tert-OH is 1. The number of ether oxygens (including phenoxy) is 2. The number of aliphatic hydroxyl groups is 1. The minimum absolute atomic E-state index is 0.0766. The van der Waals surface area contributed by atoms with E-state index in [0.717, 1.165) is 83.5 Å². The SMILES string of the molecule is CC/C=C\C/C=C\C/C=C\C/C=C\C/C=C\CCCCCCCCCC(=O)OC(CO)COC(=O)CCCCCCCCCCC/C=C\C/C=C\CCCCCCC. The van der Waals surface area contributed by atoms with E-state index in [-0.39, 0.29) is 25.2 Å². The van der Waals surface area contributed by atoms with Crippen LogP contribution in [0.3, 0.4) is 0 Å². The van der Waals surface area contributed by atoms with E-state index >= 15 is 0 Å². The molecule has 0 aliphatic rings. The first kappa shape index (κ1) is 55.1. The monoisotopic (exact) mass is 807 g/mol. The summed E-state index contributed by atoms with van der Waals surface area (Å²) in [6, 6.07) is 0. The third kappa shape index (κ3) is 45.8. The zero-order valence-corrected chi connectivity index (χ0v) is 37.8. The van der Waals surface area contributed by atoms with Gasteiger partial charge in [-0.3, -0.25) is 9.59 Å². The summed E-state index contributed by atoms with van der Waals surface area (Å²) in [7, 11) is 0.